The largest absolute Gasteiger partial charge is 0.455 e. The van der Waals surface area contributed by atoms with Crippen molar-refractivity contribution in [1.82, 2.24) is 10.7 Å². The second kappa shape index (κ2) is 10.7. The Morgan fingerprint density at radius 3 is 2.74 bits per heavy atom. The highest BCUT2D eigenvalue weighted by molar-refractivity contribution is 6.42. The van der Waals surface area contributed by atoms with Gasteiger partial charge in [0.15, 0.2) is 0 Å². The maximum absolute atomic E-state index is 11.7. The molecule has 0 saturated heterocycles. The quantitative estimate of drug-likeness (QED) is 0.286. The van der Waals surface area contributed by atoms with Crippen LogP contribution in [0.1, 0.15) is 18.6 Å². The highest BCUT2D eigenvalue weighted by Gasteiger charge is 2.09. The van der Waals surface area contributed by atoms with Crippen molar-refractivity contribution in [3.05, 3.63) is 46.1 Å². The molecule has 0 aliphatic carbocycles. The first-order valence-corrected chi connectivity index (χ1v) is 8.88. The third-order valence-electron chi connectivity index (χ3n) is 3.38. The molecule has 0 atom stereocenters. The Labute approximate surface area is 166 Å². The fourth-order valence-electron chi connectivity index (χ4n) is 2.09. The van der Waals surface area contributed by atoms with Crippen molar-refractivity contribution in [2.24, 2.45) is 5.10 Å². The summed E-state index contributed by atoms with van der Waals surface area (Å²) in [6.07, 6.45) is 1.72. The maximum atomic E-state index is 11.7. The summed E-state index contributed by atoms with van der Waals surface area (Å²) >= 11 is 11.9. The van der Waals surface area contributed by atoms with Gasteiger partial charge in [-0.1, -0.05) is 23.2 Å². The molecule has 0 radical (unpaired) electrons. The van der Waals surface area contributed by atoms with Gasteiger partial charge in [-0.05, 0) is 36.8 Å². The average molecular weight is 412 g/mol. The first-order valence-electron chi connectivity index (χ1n) is 8.12. The van der Waals surface area contributed by atoms with Gasteiger partial charge in [-0.15, -0.1) is 0 Å². The number of methoxy groups -OCH3 is 1. The van der Waals surface area contributed by atoms with E-state index in [2.05, 4.69) is 15.8 Å². The van der Waals surface area contributed by atoms with Crippen LogP contribution in [0.15, 0.2) is 39.9 Å². The van der Waals surface area contributed by atoms with Crippen LogP contribution in [0, 0.1) is 0 Å². The molecule has 0 aliphatic heterocycles. The van der Waals surface area contributed by atoms with Gasteiger partial charge in [0.1, 0.15) is 17.9 Å². The van der Waals surface area contributed by atoms with Gasteiger partial charge in [-0.25, -0.2) is 5.43 Å². The number of halogens is 2. The molecule has 1 aromatic heterocycles. The molecule has 2 amide bonds. The van der Waals surface area contributed by atoms with Crippen LogP contribution in [0.2, 0.25) is 10.0 Å². The fraction of sp³-hybridized carbons (Fsp3) is 0.278. The molecule has 7 nitrogen and oxygen atoms in total. The van der Waals surface area contributed by atoms with Crippen molar-refractivity contribution in [1.29, 1.82) is 0 Å². The topological polar surface area (TPSA) is 92.9 Å². The van der Waals surface area contributed by atoms with Crippen LogP contribution in [0.25, 0.3) is 11.3 Å². The summed E-state index contributed by atoms with van der Waals surface area (Å²) in [5.41, 5.74) is 3.04. The molecule has 0 bridgehead atoms. The molecule has 0 unspecified atom stereocenters. The van der Waals surface area contributed by atoms with Gasteiger partial charge in [0.2, 0.25) is 11.8 Å². The first kappa shape index (κ1) is 21.0. The molecule has 1 aromatic carbocycles. The number of ether oxygens (including phenoxy) is 1. The molecular weight excluding hydrogens is 393 g/mol. The van der Waals surface area contributed by atoms with Crippen molar-refractivity contribution in [3.63, 3.8) is 0 Å². The van der Waals surface area contributed by atoms with Crippen LogP contribution in [0.3, 0.4) is 0 Å². The number of carbonyl (C=O) groups excluding carboxylic acids is 2. The first-order chi connectivity index (χ1) is 13.0. The molecule has 144 valence electrons. The third kappa shape index (κ3) is 7.05. The zero-order valence-electron chi connectivity index (χ0n) is 14.6. The van der Waals surface area contributed by atoms with Crippen molar-refractivity contribution in [3.8, 4) is 11.3 Å². The van der Waals surface area contributed by atoms with E-state index in [1.165, 1.54) is 6.21 Å². The van der Waals surface area contributed by atoms with Crippen LogP contribution < -0.4 is 10.7 Å². The van der Waals surface area contributed by atoms with Gasteiger partial charge in [-0.3, -0.25) is 9.59 Å². The zero-order chi connectivity index (χ0) is 19.6. The van der Waals surface area contributed by atoms with E-state index in [4.69, 9.17) is 32.4 Å². The fourth-order valence-corrected chi connectivity index (χ4v) is 2.38. The van der Waals surface area contributed by atoms with E-state index >= 15 is 0 Å². The van der Waals surface area contributed by atoms with E-state index in [1.807, 2.05) is 0 Å². The van der Waals surface area contributed by atoms with Crippen molar-refractivity contribution >= 4 is 41.2 Å². The van der Waals surface area contributed by atoms with E-state index in [-0.39, 0.29) is 12.3 Å². The minimum atomic E-state index is -0.522. The van der Waals surface area contributed by atoms with Crippen LogP contribution in [0.4, 0.5) is 0 Å². The molecule has 1 heterocycles. The van der Waals surface area contributed by atoms with E-state index in [9.17, 15) is 9.59 Å². The van der Waals surface area contributed by atoms with Crippen molar-refractivity contribution < 1.29 is 18.7 Å². The number of amides is 2. The second-order valence-electron chi connectivity index (χ2n) is 5.50. The summed E-state index contributed by atoms with van der Waals surface area (Å²) in [5, 5.41) is 7.28. The number of hydrogen-bond donors (Lipinski definition) is 2. The molecule has 0 fully saturated rings. The summed E-state index contributed by atoms with van der Waals surface area (Å²) in [7, 11) is 1.58. The minimum absolute atomic E-state index is 0.309. The predicted molar refractivity (Wildman–Crippen MR) is 104 cm³/mol. The smallest absolute Gasteiger partial charge is 0.249 e. The molecular formula is C18H19Cl2N3O4. The number of carbonyl (C=O) groups is 2. The number of benzene rings is 1. The summed E-state index contributed by atoms with van der Waals surface area (Å²) < 4.78 is 10.5. The summed E-state index contributed by atoms with van der Waals surface area (Å²) in [4.78, 5) is 23.2. The van der Waals surface area contributed by atoms with Gasteiger partial charge in [0, 0.05) is 25.8 Å². The summed E-state index contributed by atoms with van der Waals surface area (Å²) in [6.45, 7) is 0.997. The number of hydrazone groups is 1. The normalized spacial score (nSPS) is 10.9. The van der Waals surface area contributed by atoms with E-state index in [0.29, 0.717) is 41.1 Å². The molecule has 0 aliphatic rings. The number of hydrogen-bond acceptors (Lipinski definition) is 5. The Bertz CT molecular complexity index is 821. The number of furan rings is 1. The SMILES string of the molecule is COCCCNC(=O)CC(=O)N/N=C\c1ccc(-c2ccc(Cl)c(Cl)c2)o1. The molecule has 9 heteroatoms. The van der Waals surface area contributed by atoms with Gasteiger partial charge in [0.25, 0.3) is 0 Å². The van der Waals surface area contributed by atoms with Gasteiger partial charge >= 0.3 is 0 Å². The van der Waals surface area contributed by atoms with Crippen LogP contribution >= 0.6 is 23.2 Å². The van der Waals surface area contributed by atoms with Gasteiger partial charge in [0.05, 0.1) is 16.3 Å². The van der Waals surface area contributed by atoms with E-state index in [1.54, 1.807) is 37.4 Å². The molecule has 27 heavy (non-hydrogen) atoms. The Morgan fingerprint density at radius 2 is 2.00 bits per heavy atom. The summed E-state index contributed by atoms with van der Waals surface area (Å²) in [5.74, 6) is 0.114. The monoisotopic (exact) mass is 411 g/mol. The Hall–Kier alpha value is -2.35. The van der Waals surface area contributed by atoms with E-state index in [0.717, 1.165) is 5.56 Å². The lowest BCUT2D eigenvalue weighted by Gasteiger charge is -2.03. The molecule has 0 saturated carbocycles. The van der Waals surface area contributed by atoms with Gasteiger partial charge < -0.3 is 14.5 Å². The molecule has 2 rings (SSSR count). The van der Waals surface area contributed by atoms with Crippen molar-refractivity contribution in [2.45, 2.75) is 12.8 Å². The molecule has 0 spiro atoms. The number of rotatable bonds is 9. The Balaban J connectivity index is 1.81. The Kier molecular flexibility index (Phi) is 8.32. The van der Waals surface area contributed by atoms with E-state index < -0.39 is 5.91 Å². The zero-order valence-corrected chi connectivity index (χ0v) is 16.1. The lowest BCUT2D eigenvalue weighted by Crippen LogP contribution is -2.30. The number of nitrogens with zero attached hydrogens (tertiary/aromatic N) is 1. The van der Waals surface area contributed by atoms with Crippen LogP contribution in [-0.2, 0) is 14.3 Å². The third-order valence-corrected chi connectivity index (χ3v) is 4.12. The van der Waals surface area contributed by atoms with Gasteiger partial charge in [-0.2, -0.15) is 5.10 Å². The van der Waals surface area contributed by atoms with Crippen LogP contribution in [-0.4, -0.2) is 38.3 Å². The lowest BCUT2D eigenvalue weighted by molar-refractivity contribution is -0.129. The minimum Gasteiger partial charge on any atom is -0.455 e. The standard InChI is InChI=1S/C18H19Cl2N3O4/c1-26-8-2-7-21-17(24)10-18(25)23-22-11-13-4-6-16(27-13)12-3-5-14(19)15(20)9-12/h3-6,9,11H,2,7-8,10H2,1H3,(H,21,24)(H,23,25)/b22-11-. The lowest BCUT2D eigenvalue weighted by atomic mass is 10.2. The Morgan fingerprint density at radius 1 is 1.19 bits per heavy atom. The number of nitrogens with one attached hydrogen (secondary N) is 2. The molecule has 2 N–H and O–H groups in total. The second-order valence-corrected chi connectivity index (χ2v) is 6.31. The predicted octanol–water partition coefficient (Wildman–Crippen LogP) is 3.25. The highest BCUT2D eigenvalue weighted by atomic mass is 35.5. The summed E-state index contributed by atoms with van der Waals surface area (Å²) in [6, 6.07) is 8.58. The van der Waals surface area contributed by atoms with Crippen LogP contribution in [0.5, 0.6) is 0 Å². The maximum Gasteiger partial charge on any atom is 0.249 e. The average Bonchev–Trinajstić information content (AvgIpc) is 3.10. The van der Waals surface area contributed by atoms with Crippen molar-refractivity contribution in [2.75, 3.05) is 20.3 Å². The molecule has 2 aromatic rings. The highest BCUT2D eigenvalue weighted by Crippen LogP contribution is 2.29.